The zero-order valence-corrected chi connectivity index (χ0v) is 32.2. The summed E-state index contributed by atoms with van der Waals surface area (Å²) in [6.45, 7) is 36.0. The molecule has 0 aromatic heterocycles. The molecule has 0 N–H and O–H groups in total. The van der Waals surface area contributed by atoms with Crippen molar-refractivity contribution < 1.29 is 116 Å². The van der Waals surface area contributed by atoms with E-state index in [1.807, 2.05) is 69.2 Å². The molecule has 2 aromatic carbocycles. The molecule has 2 aliphatic rings. The molecule has 0 heterocycles. The van der Waals surface area contributed by atoms with Crippen LogP contribution in [0.2, 0.25) is 0 Å². The van der Waals surface area contributed by atoms with E-state index < -0.39 is 0 Å². The Balaban J connectivity index is -0.0000000254. The second kappa shape index (κ2) is 96.9. The molecule has 4 rings (SSSR count). The van der Waals surface area contributed by atoms with Crippen LogP contribution < -0.4 is 0 Å². The smallest absolute Gasteiger partial charge is 1.00 e. The molecule has 0 radical (unpaired) electrons. The Morgan fingerprint density at radius 1 is 0.442 bits per heavy atom. The Labute approximate surface area is 312 Å². The van der Waals surface area contributed by atoms with Gasteiger partial charge in [-0.2, -0.15) is 47.7 Å². The van der Waals surface area contributed by atoms with Gasteiger partial charge in [0.05, 0.1) is 0 Å². The van der Waals surface area contributed by atoms with E-state index in [4.69, 9.17) is 37.2 Å². The fourth-order valence-corrected chi connectivity index (χ4v) is 5.32. The van der Waals surface area contributed by atoms with Crippen LogP contribution in [0.3, 0.4) is 0 Å². The van der Waals surface area contributed by atoms with Crippen LogP contribution in [0.1, 0.15) is 67.1 Å². The Kier molecular flexibility index (Phi) is 166. The molecule has 0 aliphatic heterocycles. The number of hydrogen-bond donors (Lipinski definition) is 0. The minimum Gasteiger partial charge on any atom is -1.00 e. The van der Waals surface area contributed by atoms with E-state index in [9.17, 15) is 0 Å². The maximum atomic E-state index is 7.50. The summed E-state index contributed by atoms with van der Waals surface area (Å²) in [5.41, 5.74) is 2.19. The van der Waals surface area contributed by atoms with Gasteiger partial charge in [-0.25, -0.2) is 24.3 Å². The molecule has 43 heavy (non-hydrogen) atoms. The van der Waals surface area contributed by atoms with Crippen LogP contribution in [0, 0.1) is 53.2 Å². The van der Waals surface area contributed by atoms with Gasteiger partial charge in [-0.1, -0.05) is 64.2 Å². The van der Waals surface area contributed by atoms with Crippen molar-refractivity contribution in [2.45, 2.75) is 75.5 Å². The average molecular weight is 1030 g/mol. The van der Waals surface area contributed by atoms with Crippen LogP contribution in [0.5, 0.6) is 0 Å². The number of rotatable bonds is 2. The first-order valence-electron chi connectivity index (χ1n) is 11.1. The van der Waals surface area contributed by atoms with Gasteiger partial charge in [-0.15, -0.1) is 0 Å². The molecular weight excluding hydrogens is 999 g/mol. The molecule has 0 unspecified atom stereocenters. The van der Waals surface area contributed by atoms with Gasteiger partial charge in [-0.3, -0.25) is 0 Å². The van der Waals surface area contributed by atoms with E-state index in [0.717, 1.165) is 11.3 Å². The molecule has 2 aliphatic carbocycles. The summed E-state index contributed by atoms with van der Waals surface area (Å²) in [5, 5.41) is 0. The van der Waals surface area contributed by atoms with Gasteiger partial charge >= 0.3 is 107 Å². The first-order chi connectivity index (χ1) is 19.4. The maximum Gasteiger partial charge on any atom is 2.00 e. The minimum absolute atomic E-state index is 0. The molecular formula is C30H34Fe2O8PW2-3. The van der Waals surface area contributed by atoms with Crippen molar-refractivity contribution >= 4 is 8.58 Å². The topological polar surface area (TPSA) is 159 Å². The van der Waals surface area contributed by atoms with Crippen molar-refractivity contribution in [3.8, 4) is 0 Å². The summed E-state index contributed by atoms with van der Waals surface area (Å²) in [4.78, 5) is 0. The first-order valence-corrected chi connectivity index (χ1v) is 12.1. The second-order valence-corrected chi connectivity index (χ2v) is 8.42. The Morgan fingerprint density at radius 2 is 0.628 bits per heavy atom. The molecule has 2 aromatic rings. The third-order valence-corrected chi connectivity index (χ3v) is 6.56. The number of hydrogen-bond acceptors (Lipinski definition) is 0. The molecule has 2 saturated carbocycles. The van der Waals surface area contributed by atoms with Crippen LogP contribution >= 0.6 is 8.58 Å². The molecule has 0 bridgehead atoms. The van der Waals surface area contributed by atoms with Crippen LogP contribution in [0.4, 0.5) is 0 Å². The Bertz CT molecular complexity index is 640. The fourth-order valence-electron chi connectivity index (χ4n) is 3.40. The molecule has 13 heteroatoms. The zero-order chi connectivity index (χ0) is 32.0. The summed E-state index contributed by atoms with van der Waals surface area (Å²) in [6.07, 6.45) is 15.3. The van der Waals surface area contributed by atoms with Crippen molar-refractivity contribution in [2.24, 2.45) is 0 Å². The van der Waals surface area contributed by atoms with Crippen molar-refractivity contribution in [3.05, 3.63) is 114 Å². The van der Waals surface area contributed by atoms with Crippen molar-refractivity contribution in [1.29, 1.82) is 0 Å². The van der Waals surface area contributed by atoms with E-state index in [-0.39, 0.29) is 79.1 Å². The monoisotopic (exact) mass is 1030 g/mol. The summed E-state index contributed by atoms with van der Waals surface area (Å²) in [6, 6.07) is 20.0. The molecule has 0 amide bonds. The quantitative estimate of drug-likeness (QED) is 0.128. The van der Waals surface area contributed by atoms with E-state index in [2.05, 4.69) is 53.2 Å². The summed E-state index contributed by atoms with van der Waals surface area (Å²) in [5.74, 6) is 0. The van der Waals surface area contributed by atoms with E-state index in [1.165, 1.54) is 64.2 Å². The summed E-state index contributed by atoms with van der Waals surface area (Å²) >= 11 is 0. The van der Waals surface area contributed by atoms with E-state index in [0.29, 0.717) is 0 Å². The van der Waals surface area contributed by atoms with Gasteiger partial charge in [0.1, 0.15) is 0 Å². The standard InChI is InChI=1S/C12H22P.2C5H5.8CO.2Fe.2W.2H/c1-3-7-11(8-4-1)13-12-9-5-2-6-10-12;2*1-2-4-5-3-1;8*1-2;;;;;;/h11-12H,1-10H2;2*1-5H;;;;;;;;;;;;;;/q3*-1;;;;;;;;;;+2;;;2*-1. The first kappa shape index (κ1) is 73.7. The van der Waals surface area contributed by atoms with Crippen LogP contribution in [0.25, 0.3) is 0 Å². The van der Waals surface area contributed by atoms with Gasteiger partial charge < -0.3 is 11.4 Å². The zero-order valence-electron chi connectivity index (χ0n) is 25.2. The largest absolute Gasteiger partial charge is 2.00 e. The predicted octanol–water partition coefficient (Wildman–Crippen LogP) is 7.32. The second-order valence-electron chi connectivity index (χ2n) is 6.66. The van der Waals surface area contributed by atoms with Crippen molar-refractivity contribution in [2.75, 3.05) is 0 Å². The van der Waals surface area contributed by atoms with Gasteiger partial charge in [0.2, 0.25) is 0 Å². The van der Waals surface area contributed by atoms with Gasteiger partial charge in [-0.05, 0) is 0 Å². The molecule has 8 nitrogen and oxygen atoms in total. The van der Waals surface area contributed by atoms with Crippen molar-refractivity contribution in [3.63, 3.8) is 0 Å². The molecule has 0 atom stereocenters. The Hall–Kier alpha value is -0.534. The van der Waals surface area contributed by atoms with Crippen LogP contribution in [0.15, 0.2) is 60.7 Å². The molecule has 238 valence electrons. The summed E-state index contributed by atoms with van der Waals surface area (Å²) in [7, 11) is 1.84. The maximum absolute atomic E-state index is 7.50. The van der Waals surface area contributed by atoms with Crippen molar-refractivity contribution in [1.82, 2.24) is 0 Å². The SMILES string of the molecule is C1CCC([P-]C2CCCCC2)CC1.[C-]#[O+].[C-]#[O+].[C-]#[O+].[C-]#[O+].[C-]#[O+].[C-]#[O+].[C-]#[O+].[C-]#[O+].[Fe+2].[Fe].[H-].[H-].[W].[W].c1cc[cH-]c1.c1cc[cH-]c1. The van der Waals surface area contributed by atoms with Crippen LogP contribution in [-0.4, -0.2) is 11.3 Å². The normalized spacial score (nSPS) is 10.6. The molecule has 2 fully saturated rings. The van der Waals surface area contributed by atoms with Gasteiger partial charge in [0, 0.05) is 59.2 Å². The van der Waals surface area contributed by atoms with Gasteiger partial charge in [0.25, 0.3) is 0 Å². The van der Waals surface area contributed by atoms with E-state index in [1.54, 1.807) is 0 Å². The fraction of sp³-hybridized carbons (Fsp3) is 0.400. The average Bonchev–Trinajstić information content (AvgIpc) is 3.87. The molecule has 0 spiro atoms. The Morgan fingerprint density at radius 3 is 0.767 bits per heavy atom. The third kappa shape index (κ3) is 74.4. The summed E-state index contributed by atoms with van der Waals surface area (Å²) < 4.78 is 60.0. The predicted molar refractivity (Wildman–Crippen MR) is 138 cm³/mol. The third-order valence-electron chi connectivity index (χ3n) is 4.68. The minimum atomic E-state index is 0. The molecule has 0 saturated heterocycles. The van der Waals surface area contributed by atoms with Gasteiger partial charge in [0.15, 0.2) is 0 Å². The van der Waals surface area contributed by atoms with Crippen LogP contribution in [-0.2, 0) is 113 Å². The van der Waals surface area contributed by atoms with E-state index >= 15 is 0 Å².